The first-order valence-corrected chi connectivity index (χ1v) is 11.7. The molecule has 2 aliphatic rings. The lowest BCUT2D eigenvalue weighted by Crippen LogP contribution is -2.39. The van der Waals surface area contributed by atoms with E-state index in [0.717, 1.165) is 18.6 Å². The molecule has 2 saturated carbocycles. The van der Waals surface area contributed by atoms with Gasteiger partial charge in [0.1, 0.15) is 17.2 Å². The molecule has 3 N–H and O–H groups in total. The molecule has 192 valence electrons. The van der Waals surface area contributed by atoms with Crippen LogP contribution in [-0.4, -0.2) is 42.0 Å². The fourth-order valence-corrected chi connectivity index (χ4v) is 3.46. The normalized spacial score (nSPS) is 16.7. The highest BCUT2D eigenvalue weighted by molar-refractivity contribution is 6.06. The summed E-state index contributed by atoms with van der Waals surface area (Å²) >= 11 is 0. The van der Waals surface area contributed by atoms with Crippen molar-refractivity contribution < 1.29 is 37.3 Å². The third-order valence-corrected chi connectivity index (χ3v) is 5.93. The minimum atomic E-state index is -4.83. The lowest BCUT2D eigenvalue weighted by molar-refractivity contribution is -0.274. The number of carbonyl (C=O) groups is 2. The average molecular weight is 505 g/mol. The number of hydrogen-bond acceptors (Lipinski definition) is 5. The minimum Gasteiger partial charge on any atom is -0.493 e. The van der Waals surface area contributed by atoms with Crippen LogP contribution in [0.4, 0.5) is 13.2 Å². The highest BCUT2D eigenvalue weighted by Gasteiger charge is 2.40. The average Bonchev–Trinajstić information content (AvgIpc) is 3.76. The van der Waals surface area contributed by atoms with Crippen molar-refractivity contribution in [3.63, 3.8) is 0 Å². The number of alkyl halides is 3. The number of rotatable bonds is 11. The maximum atomic E-state index is 13.1. The van der Waals surface area contributed by atoms with Gasteiger partial charge >= 0.3 is 6.36 Å². The third kappa shape index (κ3) is 7.74. The molecular formula is C26H27F3N2O5. The zero-order valence-corrected chi connectivity index (χ0v) is 19.4. The van der Waals surface area contributed by atoms with Gasteiger partial charge in [0.05, 0.1) is 17.8 Å². The molecule has 0 saturated heterocycles. The van der Waals surface area contributed by atoms with E-state index in [1.807, 2.05) is 0 Å². The first-order valence-electron chi connectivity index (χ1n) is 11.7. The van der Waals surface area contributed by atoms with Crippen LogP contribution in [0.15, 0.2) is 54.2 Å². The van der Waals surface area contributed by atoms with Gasteiger partial charge in [-0.05, 0) is 61.1 Å². The van der Waals surface area contributed by atoms with Crippen LogP contribution in [0.5, 0.6) is 11.5 Å². The number of benzene rings is 2. The van der Waals surface area contributed by atoms with Gasteiger partial charge in [-0.15, -0.1) is 13.2 Å². The van der Waals surface area contributed by atoms with Gasteiger partial charge in [0, 0.05) is 6.54 Å². The number of amides is 2. The van der Waals surface area contributed by atoms with E-state index >= 15 is 0 Å². The predicted molar refractivity (Wildman–Crippen MR) is 125 cm³/mol. The Morgan fingerprint density at radius 1 is 1.08 bits per heavy atom. The van der Waals surface area contributed by atoms with Crippen molar-refractivity contribution >= 4 is 17.9 Å². The smallest absolute Gasteiger partial charge is 0.493 e. The van der Waals surface area contributed by atoms with Gasteiger partial charge in [-0.1, -0.05) is 37.1 Å². The predicted octanol–water partition coefficient (Wildman–Crippen LogP) is 4.18. The van der Waals surface area contributed by atoms with Gasteiger partial charge in [0.15, 0.2) is 0 Å². The molecule has 0 radical (unpaired) electrons. The maximum Gasteiger partial charge on any atom is 0.573 e. The second kappa shape index (κ2) is 10.6. The van der Waals surface area contributed by atoms with Crippen LogP contribution >= 0.6 is 0 Å². The fourth-order valence-electron chi connectivity index (χ4n) is 3.46. The molecule has 0 atom stereocenters. The Bertz CT molecular complexity index is 1120. The van der Waals surface area contributed by atoms with Crippen molar-refractivity contribution in [1.29, 1.82) is 0 Å². The van der Waals surface area contributed by atoms with Crippen molar-refractivity contribution in [3.8, 4) is 11.5 Å². The molecule has 2 fully saturated rings. The molecule has 36 heavy (non-hydrogen) atoms. The zero-order valence-electron chi connectivity index (χ0n) is 19.4. The van der Waals surface area contributed by atoms with E-state index in [1.54, 1.807) is 24.3 Å². The molecule has 0 bridgehead atoms. The van der Waals surface area contributed by atoms with Crippen LogP contribution in [0, 0.1) is 5.92 Å². The number of halogens is 3. The first-order chi connectivity index (χ1) is 17.1. The van der Waals surface area contributed by atoms with Gasteiger partial charge in [-0.2, -0.15) is 0 Å². The highest BCUT2D eigenvalue weighted by Crippen LogP contribution is 2.34. The molecule has 0 spiro atoms. The summed E-state index contributed by atoms with van der Waals surface area (Å²) in [6.07, 6.45) is 0.905. The molecule has 10 heteroatoms. The van der Waals surface area contributed by atoms with Crippen LogP contribution in [0.2, 0.25) is 0 Å². The van der Waals surface area contributed by atoms with Crippen LogP contribution in [0.3, 0.4) is 0 Å². The Labute approximate surface area is 206 Å². The SMILES string of the molecule is O=C(NCC1(O)CC1)C(=Cc1ccc(OC(F)(F)F)cc1)NC(=O)c1ccccc1OCCC1CC1. The van der Waals surface area contributed by atoms with E-state index in [0.29, 0.717) is 36.7 Å². The fraction of sp³-hybridized carbons (Fsp3) is 0.385. The van der Waals surface area contributed by atoms with Crippen LogP contribution < -0.4 is 20.1 Å². The Morgan fingerprint density at radius 3 is 2.42 bits per heavy atom. The summed E-state index contributed by atoms with van der Waals surface area (Å²) in [5.41, 5.74) is -0.499. The second-order valence-corrected chi connectivity index (χ2v) is 9.11. The number of aliphatic hydroxyl groups is 1. The Hall–Kier alpha value is -3.53. The summed E-state index contributed by atoms with van der Waals surface area (Å²) in [7, 11) is 0. The van der Waals surface area contributed by atoms with E-state index in [4.69, 9.17) is 4.74 Å². The standard InChI is InChI=1S/C26H27F3N2O5/c27-26(28,29)36-19-9-7-18(8-10-19)15-21(24(33)30-16-25(34)12-13-25)31-23(32)20-3-1-2-4-22(20)35-14-11-17-5-6-17/h1-4,7-10,15,17,34H,5-6,11-14,16H2,(H,30,33)(H,31,32). The number of ether oxygens (including phenoxy) is 2. The molecule has 2 aromatic rings. The topological polar surface area (TPSA) is 96.9 Å². The van der Waals surface area contributed by atoms with Gasteiger partial charge in [0.2, 0.25) is 0 Å². The number of para-hydroxylation sites is 1. The lowest BCUT2D eigenvalue weighted by atomic mass is 10.1. The lowest BCUT2D eigenvalue weighted by Gasteiger charge is -2.15. The molecule has 2 amide bonds. The first kappa shape index (κ1) is 25.6. The Kier molecular flexibility index (Phi) is 7.53. The monoisotopic (exact) mass is 504 g/mol. The van der Waals surface area contributed by atoms with Crippen molar-refractivity contribution in [3.05, 3.63) is 65.4 Å². The Morgan fingerprint density at radius 2 is 1.78 bits per heavy atom. The summed E-state index contributed by atoms with van der Waals surface area (Å²) in [5.74, 6) is -0.593. The summed E-state index contributed by atoms with van der Waals surface area (Å²) < 4.78 is 47.0. The molecule has 4 rings (SSSR count). The van der Waals surface area contributed by atoms with Crippen molar-refractivity contribution in [1.82, 2.24) is 10.6 Å². The van der Waals surface area contributed by atoms with E-state index < -0.39 is 29.5 Å². The van der Waals surface area contributed by atoms with E-state index in [2.05, 4.69) is 15.4 Å². The molecule has 2 aromatic carbocycles. The van der Waals surface area contributed by atoms with Gasteiger partial charge < -0.3 is 25.2 Å². The highest BCUT2D eigenvalue weighted by atomic mass is 19.4. The second-order valence-electron chi connectivity index (χ2n) is 9.11. The molecule has 0 aromatic heterocycles. The maximum absolute atomic E-state index is 13.1. The van der Waals surface area contributed by atoms with Crippen molar-refractivity contribution in [2.24, 2.45) is 5.92 Å². The summed E-state index contributed by atoms with van der Waals surface area (Å²) in [6.45, 7) is 0.487. The molecule has 2 aliphatic carbocycles. The van der Waals surface area contributed by atoms with Gasteiger partial charge in [-0.3, -0.25) is 9.59 Å². The van der Waals surface area contributed by atoms with E-state index in [9.17, 15) is 27.9 Å². The Balaban J connectivity index is 1.50. The number of nitrogens with one attached hydrogen (secondary N) is 2. The third-order valence-electron chi connectivity index (χ3n) is 5.93. The molecule has 0 unspecified atom stereocenters. The van der Waals surface area contributed by atoms with Crippen molar-refractivity contribution in [2.75, 3.05) is 13.2 Å². The molecule has 0 aliphatic heterocycles. The van der Waals surface area contributed by atoms with Crippen LogP contribution in [0.1, 0.15) is 48.0 Å². The van der Waals surface area contributed by atoms with E-state index in [-0.39, 0.29) is 17.8 Å². The van der Waals surface area contributed by atoms with Crippen LogP contribution in [0.25, 0.3) is 6.08 Å². The largest absolute Gasteiger partial charge is 0.573 e. The van der Waals surface area contributed by atoms with Crippen LogP contribution in [-0.2, 0) is 4.79 Å². The summed E-state index contributed by atoms with van der Waals surface area (Å²) in [4.78, 5) is 26.0. The van der Waals surface area contributed by atoms with Gasteiger partial charge in [-0.25, -0.2) is 0 Å². The molecule has 7 nitrogen and oxygen atoms in total. The van der Waals surface area contributed by atoms with E-state index in [1.165, 1.54) is 31.1 Å². The quantitative estimate of drug-likeness (QED) is 0.399. The summed E-state index contributed by atoms with van der Waals surface area (Å²) in [6, 6.07) is 11.5. The van der Waals surface area contributed by atoms with Gasteiger partial charge in [0.25, 0.3) is 11.8 Å². The number of hydrogen-bond donors (Lipinski definition) is 3. The van der Waals surface area contributed by atoms with Crippen molar-refractivity contribution in [2.45, 2.75) is 44.1 Å². The zero-order chi connectivity index (χ0) is 25.8. The molecular weight excluding hydrogens is 477 g/mol. The molecule has 0 heterocycles. The number of carbonyl (C=O) groups excluding carboxylic acids is 2. The minimum absolute atomic E-state index is 0.0122. The summed E-state index contributed by atoms with van der Waals surface area (Å²) in [5, 5.41) is 15.2.